The summed E-state index contributed by atoms with van der Waals surface area (Å²) in [6.07, 6.45) is 2.85. The van der Waals surface area contributed by atoms with Crippen LogP contribution in [-0.2, 0) is 4.79 Å². The zero-order chi connectivity index (χ0) is 17.3. The number of benzene rings is 1. The van der Waals surface area contributed by atoms with Crippen molar-refractivity contribution in [3.8, 4) is 17.0 Å². The summed E-state index contributed by atoms with van der Waals surface area (Å²) >= 11 is 1.54. The molecule has 6 heteroatoms. The summed E-state index contributed by atoms with van der Waals surface area (Å²) in [5, 5.41) is 11.0. The molecule has 3 aromatic rings. The summed E-state index contributed by atoms with van der Waals surface area (Å²) in [6.45, 7) is 5.94. The quantitative estimate of drug-likeness (QED) is 0.704. The Bertz CT molecular complexity index is 904. The fraction of sp³-hybridized carbons (Fsp3) is 0.222. The highest BCUT2D eigenvalue weighted by atomic mass is 32.1. The molecule has 5 nitrogen and oxygen atoms in total. The predicted octanol–water partition coefficient (Wildman–Crippen LogP) is 4.26. The summed E-state index contributed by atoms with van der Waals surface area (Å²) in [5.74, 6) is -0.182. The average molecular weight is 342 g/mol. The highest BCUT2D eigenvalue weighted by Crippen LogP contribution is 2.30. The molecule has 0 aliphatic carbocycles. The maximum atomic E-state index is 10.9. The second-order valence-corrected chi connectivity index (χ2v) is 6.54. The van der Waals surface area contributed by atoms with E-state index in [-0.39, 0.29) is 6.10 Å². The zero-order valence-corrected chi connectivity index (χ0v) is 14.5. The predicted molar refractivity (Wildman–Crippen MR) is 95.7 cm³/mol. The minimum atomic E-state index is -0.982. The van der Waals surface area contributed by atoms with Gasteiger partial charge in [-0.2, -0.15) is 0 Å². The van der Waals surface area contributed by atoms with Gasteiger partial charge in [-0.15, -0.1) is 11.3 Å². The van der Waals surface area contributed by atoms with Crippen molar-refractivity contribution in [3.63, 3.8) is 0 Å². The van der Waals surface area contributed by atoms with Crippen LogP contribution in [0, 0.1) is 6.92 Å². The Labute approximate surface area is 143 Å². The molecule has 0 amide bonds. The fourth-order valence-electron chi connectivity index (χ4n) is 2.50. The summed E-state index contributed by atoms with van der Waals surface area (Å²) in [4.78, 5) is 16.4. The topological polar surface area (TPSA) is 63.8 Å². The van der Waals surface area contributed by atoms with Gasteiger partial charge < -0.3 is 9.84 Å². The number of rotatable bonds is 5. The van der Waals surface area contributed by atoms with Crippen molar-refractivity contribution in [2.75, 3.05) is 0 Å². The molecule has 124 valence electrons. The number of carbonyl (C=O) groups is 1. The molecule has 0 unspecified atom stereocenters. The van der Waals surface area contributed by atoms with Gasteiger partial charge in [0, 0.05) is 22.7 Å². The molecule has 3 rings (SSSR count). The molecule has 0 saturated carbocycles. The van der Waals surface area contributed by atoms with Crippen LogP contribution in [0.25, 0.3) is 22.3 Å². The lowest BCUT2D eigenvalue weighted by Crippen LogP contribution is -2.05. The number of carboxylic acid groups (broad SMARTS) is 1. The van der Waals surface area contributed by atoms with E-state index in [0.717, 1.165) is 39.4 Å². The summed E-state index contributed by atoms with van der Waals surface area (Å²) in [7, 11) is 0. The van der Waals surface area contributed by atoms with Crippen molar-refractivity contribution in [1.82, 2.24) is 9.38 Å². The van der Waals surface area contributed by atoms with Gasteiger partial charge in [-0.1, -0.05) is 0 Å². The van der Waals surface area contributed by atoms with E-state index < -0.39 is 5.97 Å². The van der Waals surface area contributed by atoms with Gasteiger partial charge in [0.15, 0.2) is 4.96 Å². The first-order valence-corrected chi connectivity index (χ1v) is 8.48. The second-order valence-electron chi connectivity index (χ2n) is 5.70. The number of imidazole rings is 1. The Morgan fingerprint density at radius 3 is 2.67 bits per heavy atom. The summed E-state index contributed by atoms with van der Waals surface area (Å²) in [6, 6.07) is 7.69. The molecular formula is C18H18N2O3S. The summed E-state index contributed by atoms with van der Waals surface area (Å²) in [5.41, 5.74) is 3.48. The van der Waals surface area contributed by atoms with E-state index in [9.17, 15) is 4.79 Å². The normalized spacial score (nSPS) is 11.7. The molecule has 0 fully saturated rings. The number of ether oxygens (including phenoxy) is 1. The molecule has 2 heterocycles. The number of nitrogens with zero attached hydrogens (tertiary/aromatic N) is 2. The molecule has 0 atom stereocenters. The smallest absolute Gasteiger partial charge is 0.328 e. The van der Waals surface area contributed by atoms with Crippen molar-refractivity contribution in [2.24, 2.45) is 0 Å². The van der Waals surface area contributed by atoms with Crippen molar-refractivity contribution in [2.45, 2.75) is 26.9 Å². The Morgan fingerprint density at radius 2 is 2.04 bits per heavy atom. The van der Waals surface area contributed by atoms with Gasteiger partial charge in [-0.25, -0.2) is 9.78 Å². The van der Waals surface area contributed by atoms with E-state index in [2.05, 4.69) is 4.98 Å². The molecule has 1 aromatic carbocycles. The first-order chi connectivity index (χ1) is 11.5. The number of aromatic nitrogens is 2. The molecule has 0 spiro atoms. The van der Waals surface area contributed by atoms with E-state index in [4.69, 9.17) is 9.84 Å². The van der Waals surface area contributed by atoms with Crippen LogP contribution in [-0.4, -0.2) is 26.6 Å². The van der Waals surface area contributed by atoms with Crippen molar-refractivity contribution >= 4 is 28.3 Å². The van der Waals surface area contributed by atoms with Crippen LogP contribution in [0.3, 0.4) is 0 Å². The average Bonchev–Trinajstić information content (AvgIpc) is 3.06. The van der Waals surface area contributed by atoms with Crippen LogP contribution in [0.15, 0.2) is 35.7 Å². The van der Waals surface area contributed by atoms with Crippen LogP contribution in [0.1, 0.15) is 25.2 Å². The third kappa shape index (κ3) is 3.19. The molecule has 0 radical (unpaired) electrons. The van der Waals surface area contributed by atoms with Crippen LogP contribution in [0.2, 0.25) is 0 Å². The van der Waals surface area contributed by atoms with E-state index in [1.165, 1.54) is 11.3 Å². The molecule has 0 aliphatic heterocycles. The molecule has 0 bridgehead atoms. The van der Waals surface area contributed by atoms with Gasteiger partial charge in [0.1, 0.15) is 5.75 Å². The molecule has 1 N–H and O–H groups in total. The first-order valence-electron chi connectivity index (χ1n) is 7.60. The number of carboxylic acids is 1. The highest BCUT2D eigenvalue weighted by molar-refractivity contribution is 7.15. The summed E-state index contributed by atoms with van der Waals surface area (Å²) < 4.78 is 7.63. The number of hydrogen-bond donors (Lipinski definition) is 1. The van der Waals surface area contributed by atoms with Gasteiger partial charge in [0.05, 0.1) is 17.5 Å². The lowest BCUT2D eigenvalue weighted by atomic mass is 10.1. The Kier molecular flexibility index (Phi) is 4.40. The highest BCUT2D eigenvalue weighted by Gasteiger charge is 2.15. The SMILES string of the molecule is Cc1csc2nc(-c3ccc(OC(C)C)cc3)c(/C=C/C(=O)O)n12. The van der Waals surface area contributed by atoms with E-state index >= 15 is 0 Å². The second kappa shape index (κ2) is 6.49. The minimum absolute atomic E-state index is 0.116. The lowest BCUT2D eigenvalue weighted by Gasteiger charge is -2.09. The number of fused-ring (bicyclic) bond motifs is 1. The third-order valence-electron chi connectivity index (χ3n) is 3.45. The van der Waals surface area contributed by atoms with Gasteiger partial charge >= 0.3 is 5.97 Å². The molecule has 24 heavy (non-hydrogen) atoms. The van der Waals surface area contributed by atoms with Crippen LogP contribution in [0.5, 0.6) is 5.75 Å². The van der Waals surface area contributed by atoms with Gasteiger partial charge in [0.25, 0.3) is 0 Å². The molecule has 0 aliphatic rings. The fourth-order valence-corrected chi connectivity index (χ4v) is 3.38. The maximum absolute atomic E-state index is 10.9. The van der Waals surface area contributed by atoms with Crippen molar-refractivity contribution in [1.29, 1.82) is 0 Å². The van der Waals surface area contributed by atoms with Crippen molar-refractivity contribution < 1.29 is 14.6 Å². The first kappa shape index (κ1) is 16.3. The van der Waals surface area contributed by atoms with Crippen molar-refractivity contribution in [3.05, 3.63) is 47.1 Å². The Morgan fingerprint density at radius 1 is 1.33 bits per heavy atom. The van der Waals surface area contributed by atoms with Gasteiger partial charge in [0.2, 0.25) is 0 Å². The third-order valence-corrected chi connectivity index (χ3v) is 4.40. The molecular weight excluding hydrogens is 324 g/mol. The number of aryl methyl sites for hydroxylation is 1. The molecule has 2 aromatic heterocycles. The largest absolute Gasteiger partial charge is 0.491 e. The number of hydrogen-bond acceptors (Lipinski definition) is 4. The van der Waals surface area contributed by atoms with Crippen LogP contribution < -0.4 is 4.74 Å². The van der Waals surface area contributed by atoms with E-state index in [0.29, 0.717) is 0 Å². The number of aliphatic carboxylic acids is 1. The molecule has 0 saturated heterocycles. The maximum Gasteiger partial charge on any atom is 0.328 e. The monoisotopic (exact) mass is 342 g/mol. The number of thiazole rings is 1. The standard InChI is InChI=1S/C18H18N2O3S/c1-11(2)23-14-6-4-13(5-7-14)17-15(8-9-16(21)22)20-12(3)10-24-18(20)19-17/h4-11H,1-3H3,(H,21,22)/b9-8+. The minimum Gasteiger partial charge on any atom is -0.491 e. The van der Waals surface area contributed by atoms with Gasteiger partial charge in [-0.05, 0) is 51.1 Å². The van der Waals surface area contributed by atoms with Crippen LogP contribution >= 0.6 is 11.3 Å². The Balaban J connectivity index is 2.08. The Hall–Kier alpha value is -2.60. The van der Waals surface area contributed by atoms with Crippen LogP contribution in [0.4, 0.5) is 0 Å². The van der Waals surface area contributed by atoms with E-state index in [1.807, 2.05) is 54.8 Å². The van der Waals surface area contributed by atoms with Gasteiger partial charge in [-0.3, -0.25) is 4.40 Å². The van der Waals surface area contributed by atoms with E-state index in [1.54, 1.807) is 6.08 Å². The lowest BCUT2D eigenvalue weighted by molar-refractivity contribution is -0.131. The zero-order valence-electron chi connectivity index (χ0n) is 13.7.